The molecular formula is C22H27FN2O3. The second-order valence-electron chi connectivity index (χ2n) is 6.91. The van der Waals surface area contributed by atoms with Crippen molar-refractivity contribution in [2.24, 2.45) is 0 Å². The molecule has 0 radical (unpaired) electrons. The predicted octanol–water partition coefficient (Wildman–Crippen LogP) is 3.56. The van der Waals surface area contributed by atoms with Crippen molar-refractivity contribution in [2.75, 3.05) is 38.3 Å². The molecule has 1 N–H and O–H groups in total. The van der Waals surface area contributed by atoms with E-state index >= 15 is 0 Å². The Morgan fingerprint density at radius 2 is 1.93 bits per heavy atom. The van der Waals surface area contributed by atoms with Gasteiger partial charge < -0.3 is 19.7 Å². The van der Waals surface area contributed by atoms with Crippen LogP contribution in [0.4, 0.5) is 10.1 Å². The zero-order valence-electron chi connectivity index (χ0n) is 16.2. The van der Waals surface area contributed by atoms with Crippen molar-refractivity contribution in [2.45, 2.75) is 25.7 Å². The second-order valence-corrected chi connectivity index (χ2v) is 6.91. The monoisotopic (exact) mass is 386 g/mol. The molecule has 1 aliphatic rings. The zero-order chi connectivity index (χ0) is 19.8. The highest BCUT2D eigenvalue weighted by Crippen LogP contribution is 2.30. The van der Waals surface area contributed by atoms with E-state index in [1.807, 2.05) is 36.2 Å². The summed E-state index contributed by atoms with van der Waals surface area (Å²) in [5, 5.41) is 2.93. The van der Waals surface area contributed by atoms with Crippen LogP contribution >= 0.6 is 0 Å². The summed E-state index contributed by atoms with van der Waals surface area (Å²) in [7, 11) is 1.85. The van der Waals surface area contributed by atoms with E-state index in [4.69, 9.17) is 9.47 Å². The van der Waals surface area contributed by atoms with Gasteiger partial charge >= 0.3 is 0 Å². The van der Waals surface area contributed by atoms with Gasteiger partial charge in [-0.25, -0.2) is 4.39 Å². The highest BCUT2D eigenvalue weighted by atomic mass is 19.1. The van der Waals surface area contributed by atoms with E-state index in [1.54, 1.807) is 12.1 Å². The van der Waals surface area contributed by atoms with Crippen molar-refractivity contribution >= 4 is 11.6 Å². The van der Waals surface area contributed by atoms with Crippen LogP contribution in [0.2, 0.25) is 0 Å². The lowest BCUT2D eigenvalue weighted by atomic mass is 10.1. The number of nitrogens with zero attached hydrogens (tertiary/aromatic N) is 1. The number of ether oxygens (including phenoxy) is 2. The Bertz CT molecular complexity index is 797. The highest BCUT2D eigenvalue weighted by molar-refractivity contribution is 5.76. The van der Waals surface area contributed by atoms with Crippen LogP contribution in [0.3, 0.4) is 0 Å². The third kappa shape index (κ3) is 5.62. The first-order valence-corrected chi connectivity index (χ1v) is 9.74. The number of rotatable bonds is 8. The molecule has 0 aliphatic carbocycles. The minimum absolute atomic E-state index is 0.0145. The number of amides is 1. The number of para-hydroxylation sites is 1. The molecule has 0 saturated heterocycles. The van der Waals surface area contributed by atoms with Gasteiger partial charge in [0.05, 0.1) is 18.9 Å². The van der Waals surface area contributed by atoms with Crippen LogP contribution in [0, 0.1) is 5.82 Å². The van der Waals surface area contributed by atoms with E-state index in [-0.39, 0.29) is 11.7 Å². The molecule has 6 heteroatoms. The van der Waals surface area contributed by atoms with E-state index in [2.05, 4.69) is 5.32 Å². The first kappa shape index (κ1) is 20.0. The highest BCUT2D eigenvalue weighted by Gasteiger charge is 2.11. The van der Waals surface area contributed by atoms with Crippen molar-refractivity contribution in [3.05, 3.63) is 53.8 Å². The fourth-order valence-electron chi connectivity index (χ4n) is 3.14. The van der Waals surface area contributed by atoms with Crippen molar-refractivity contribution in [3.63, 3.8) is 0 Å². The lowest BCUT2D eigenvalue weighted by Gasteiger charge is -2.19. The Labute approximate surface area is 165 Å². The molecule has 0 spiro atoms. The molecule has 1 heterocycles. The summed E-state index contributed by atoms with van der Waals surface area (Å²) in [6.07, 6.45) is 2.69. The largest absolute Gasteiger partial charge is 0.490 e. The molecule has 0 fully saturated rings. The number of halogens is 1. The average Bonchev–Trinajstić information content (AvgIpc) is 2.94. The number of fused-ring (bicyclic) bond motifs is 1. The molecule has 0 unspecified atom stereocenters. The summed E-state index contributed by atoms with van der Waals surface area (Å²) in [5.74, 6) is 1.31. The number of carbonyl (C=O) groups excluding carboxylic acids is 1. The van der Waals surface area contributed by atoms with Crippen LogP contribution in [0.1, 0.15) is 24.8 Å². The lowest BCUT2D eigenvalue weighted by Crippen LogP contribution is -2.28. The van der Waals surface area contributed by atoms with Gasteiger partial charge in [0.15, 0.2) is 11.5 Å². The van der Waals surface area contributed by atoms with E-state index in [0.29, 0.717) is 44.8 Å². The van der Waals surface area contributed by atoms with Crippen LogP contribution in [-0.4, -0.2) is 39.3 Å². The van der Waals surface area contributed by atoms with Gasteiger partial charge in [-0.2, -0.15) is 0 Å². The molecule has 3 rings (SSSR count). The average molecular weight is 386 g/mol. The number of hydrogen-bond acceptors (Lipinski definition) is 4. The molecule has 1 amide bonds. The minimum atomic E-state index is -0.232. The van der Waals surface area contributed by atoms with Crippen molar-refractivity contribution in [3.8, 4) is 11.5 Å². The first-order valence-electron chi connectivity index (χ1n) is 9.74. The molecule has 150 valence electrons. The maximum atomic E-state index is 13.7. The molecular weight excluding hydrogens is 359 g/mol. The standard InChI is InChI=1S/C22H27FN2O3/c1-25(19-7-3-2-6-18(19)23)13-4-12-24-22(26)11-9-17-8-10-20-21(16-17)28-15-5-14-27-20/h2-3,6-8,10,16H,4-5,9,11-15H2,1H3,(H,24,26). The Kier molecular flexibility index (Phi) is 7.12. The van der Waals surface area contributed by atoms with Crippen LogP contribution in [0.25, 0.3) is 0 Å². The molecule has 0 saturated carbocycles. The van der Waals surface area contributed by atoms with Crippen molar-refractivity contribution in [1.82, 2.24) is 5.32 Å². The second kappa shape index (κ2) is 9.97. The molecule has 28 heavy (non-hydrogen) atoms. The topological polar surface area (TPSA) is 50.8 Å². The number of nitrogens with one attached hydrogen (secondary N) is 1. The van der Waals surface area contributed by atoms with E-state index < -0.39 is 0 Å². The number of aryl methyl sites for hydroxylation is 1. The molecule has 2 aromatic rings. The van der Waals surface area contributed by atoms with Gasteiger partial charge in [-0.05, 0) is 42.7 Å². The van der Waals surface area contributed by atoms with E-state index in [0.717, 1.165) is 29.9 Å². The van der Waals surface area contributed by atoms with E-state index in [9.17, 15) is 9.18 Å². The summed E-state index contributed by atoms with van der Waals surface area (Å²) >= 11 is 0. The molecule has 0 atom stereocenters. The predicted molar refractivity (Wildman–Crippen MR) is 108 cm³/mol. The summed E-state index contributed by atoms with van der Waals surface area (Å²) in [6.45, 7) is 2.56. The van der Waals surface area contributed by atoms with Gasteiger partial charge in [0.1, 0.15) is 5.82 Å². The number of carbonyl (C=O) groups is 1. The molecule has 0 aromatic heterocycles. The van der Waals surface area contributed by atoms with Crippen LogP contribution < -0.4 is 19.7 Å². The third-order valence-corrected chi connectivity index (χ3v) is 4.71. The SMILES string of the molecule is CN(CCCNC(=O)CCc1ccc2c(c1)OCCCO2)c1ccccc1F. The number of hydrogen-bond donors (Lipinski definition) is 1. The quantitative estimate of drug-likeness (QED) is 0.705. The Morgan fingerprint density at radius 3 is 2.75 bits per heavy atom. The minimum Gasteiger partial charge on any atom is -0.490 e. The van der Waals surface area contributed by atoms with Gasteiger partial charge in [0, 0.05) is 33.0 Å². The third-order valence-electron chi connectivity index (χ3n) is 4.71. The fourth-order valence-corrected chi connectivity index (χ4v) is 3.14. The van der Waals surface area contributed by atoms with Crippen LogP contribution in [0.15, 0.2) is 42.5 Å². The van der Waals surface area contributed by atoms with Gasteiger partial charge in [-0.3, -0.25) is 4.79 Å². The smallest absolute Gasteiger partial charge is 0.220 e. The zero-order valence-corrected chi connectivity index (χ0v) is 16.2. The summed E-state index contributed by atoms with van der Waals surface area (Å²) in [5.41, 5.74) is 1.63. The maximum Gasteiger partial charge on any atom is 0.220 e. The normalized spacial score (nSPS) is 12.9. The Hall–Kier alpha value is -2.76. The number of anilines is 1. The van der Waals surface area contributed by atoms with E-state index in [1.165, 1.54) is 6.07 Å². The van der Waals surface area contributed by atoms with Gasteiger partial charge in [0.25, 0.3) is 0 Å². The molecule has 5 nitrogen and oxygen atoms in total. The fraction of sp³-hybridized carbons (Fsp3) is 0.409. The Balaban J connectivity index is 1.37. The first-order chi connectivity index (χ1) is 13.6. The van der Waals surface area contributed by atoms with Gasteiger partial charge in [0.2, 0.25) is 5.91 Å². The summed E-state index contributed by atoms with van der Waals surface area (Å²) < 4.78 is 25.0. The molecule has 1 aliphatic heterocycles. The number of benzene rings is 2. The van der Waals surface area contributed by atoms with Crippen LogP contribution in [0.5, 0.6) is 11.5 Å². The van der Waals surface area contributed by atoms with Gasteiger partial charge in [-0.1, -0.05) is 18.2 Å². The van der Waals surface area contributed by atoms with Crippen LogP contribution in [-0.2, 0) is 11.2 Å². The lowest BCUT2D eigenvalue weighted by molar-refractivity contribution is -0.121. The van der Waals surface area contributed by atoms with Crippen molar-refractivity contribution in [1.29, 1.82) is 0 Å². The van der Waals surface area contributed by atoms with Gasteiger partial charge in [-0.15, -0.1) is 0 Å². The maximum absolute atomic E-state index is 13.7. The molecule has 0 bridgehead atoms. The molecule has 2 aromatic carbocycles. The Morgan fingerprint density at radius 1 is 1.14 bits per heavy atom. The summed E-state index contributed by atoms with van der Waals surface area (Å²) in [6, 6.07) is 12.5. The summed E-state index contributed by atoms with van der Waals surface area (Å²) in [4.78, 5) is 13.9. The van der Waals surface area contributed by atoms with Crippen molar-refractivity contribution < 1.29 is 18.7 Å².